The zero-order valence-corrected chi connectivity index (χ0v) is 12.3. The fourth-order valence-corrected chi connectivity index (χ4v) is 2.36. The summed E-state index contributed by atoms with van der Waals surface area (Å²) >= 11 is 1.50. The van der Waals surface area contributed by atoms with Crippen LogP contribution in [0.3, 0.4) is 0 Å². The van der Waals surface area contributed by atoms with Crippen molar-refractivity contribution >= 4 is 29.3 Å². The molecule has 0 aromatic heterocycles. The predicted octanol–water partition coefficient (Wildman–Crippen LogP) is 2.65. The molecule has 1 rings (SSSR count). The molecule has 0 aliphatic rings. The maximum atomic E-state index is 11.7. The standard InChI is InChI=1S/C14H20N2O2S/c1-4-9-15-14(18)10(2)19-13-7-5-12(6-8-13)16-11(3)17/h5-8,10H,4,9H2,1-3H3,(H,15,18)(H,16,17)/t10-/m0/s1. The topological polar surface area (TPSA) is 58.2 Å². The van der Waals surface area contributed by atoms with Gasteiger partial charge in [-0.1, -0.05) is 6.92 Å². The molecule has 0 saturated carbocycles. The highest BCUT2D eigenvalue weighted by Crippen LogP contribution is 2.24. The highest BCUT2D eigenvalue weighted by Gasteiger charge is 2.13. The number of carbonyl (C=O) groups is 2. The molecule has 19 heavy (non-hydrogen) atoms. The van der Waals surface area contributed by atoms with Crippen LogP contribution in [0.2, 0.25) is 0 Å². The van der Waals surface area contributed by atoms with Crippen molar-refractivity contribution in [2.24, 2.45) is 0 Å². The van der Waals surface area contributed by atoms with Gasteiger partial charge in [0.2, 0.25) is 11.8 Å². The van der Waals surface area contributed by atoms with Gasteiger partial charge in [-0.05, 0) is 37.6 Å². The molecule has 5 heteroatoms. The van der Waals surface area contributed by atoms with E-state index in [2.05, 4.69) is 10.6 Å². The van der Waals surface area contributed by atoms with Crippen LogP contribution < -0.4 is 10.6 Å². The van der Waals surface area contributed by atoms with Crippen LogP contribution >= 0.6 is 11.8 Å². The summed E-state index contributed by atoms with van der Waals surface area (Å²) in [6.45, 7) is 6.10. The van der Waals surface area contributed by atoms with Crippen molar-refractivity contribution in [3.63, 3.8) is 0 Å². The van der Waals surface area contributed by atoms with Gasteiger partial charge in [0.25, 0.3) is 0 Å². The lowest BCUT2D eigenvalue weighted by Gasteiger charge is -2.11. The van der Waals surface area contributed by atoms with E-state index in [-0.39, 0.29) is 17.1 Å². The summed E-state index contributed by atoms with van der Waals surface area (Å²) in [6.07, 6.45) is 0.939. The Morgan fingerprint density at radius 2 is 1.89 bits per heavy atom. The number of hydrogen-bond acceptors (Lipinski definition) is 3. The molecule has 1 aromatic carbocycles. The first-order valence-corrected chi connectivity index (χ1v) is 7.23. The van der Waals surface area contributed by atoms with E-state index in [1.54, 1.807) is 0 Å². The highest BCUT2D eigenvalue weighted by molar-refractivity contribution is 8.00. The lowest BCUT2D eigenvalue weighted by atomic mass is 10.3. The van der Waals surface area contributed by atoms with Crippen molar-refractivity contribution in [1.29, 1.82) is 0 Å². The number of nitrogens with one attached hydrogen (secondary N) is 2. The SMILES string of the molecule is CCCNC(=O)[C@H](C)Sc1ccc(NC(C)=O)cc1. The number of thioether (sulfide) groups is 1. The summed E-state index contributed by atoms with van der Waals surface area (Å²) in [5, 5.41) is 5.45. The quantitative estimate of drug-likeness (QED) is 0.788. The first-order chi connectivity index (χ1) is 9.02. The molecule has 0 saturated heterocycles. The number of rotatable bonds is 6. The van der Waals surface area contributed by atoms with Crippen LogP contribution in [0.15, 0.2) is 29.2 Å². The third-order valence-electron chi connectivity index (χ3n) is 2.41. The van der Waals surface area contributed by atoms with Gasteiger partial charge >= 0.3 is 0 Å². The number of carbonyl (C=O) groups excluding carboxylic acids is 2. The second-order valence-corrected chi connectivity index (χ2v) is 5.67. The smallest absolute Gasteiger partial charge is 0.233 e. The molecule has 1 atom stereocenters. The molecule has 0 fully saturated rings. The Kier molecular flexibility index (Phi) is 6.42. The molecule has 0 heterocycles. The molecule has 1 aromatic rings. The van der Waals surface area contributed by atoms with Crippen molar-refractivity contribution in [3.05, 3.63) is 24.3 Å². The van der Waals surface area contributed by atoms with E-state index in [1.807, 2.05) is 38.1 Å². The molecule has 0 radical (unpaired) electrons. The van der Waals surface area contributed by atoms with Crippen molar-refractivity contribution in [3.8, 4) is 0 Å². The number of hydrogen-bond donors (Lipinski definition) is 2. The maximum absolute atomic E-state index is 11.7. The molecule has 4 nitrogen and oxygen atoms in total. The van der Waals surface area contributed by atoms with Crippen LogP contribution in [0, 0.1) is 0 Å². The number of amides is 2. The summed E-state index contributed by atoms with van der Waals surface area (Å²) in [7, 11) is 0. The largest absolute Gasteiger partial charge is 0.355 e. The Hall–Kier alpha value is -1.49. The average molecular weight is 280 g/mol. The van der Waals surface area contributed by atoms with Gasteiger partial charge < -0.3 is 10.6 Å². The molecule has 104 valence electrons. The van der Waals surface area contributed by atoms with Gasteiger partial charge in [-0.15, -0.1) is 11.8 Å². The van der Waals surface area contributed by atoms with Crippen LogP contribution in [-0.4, -0.2) is 23.6 Å². The van der Waals surface area contributed by atoms with Crippen molar-refractivity contribution < 1.29 is 9.59 Å². The molecule has 0 bridgehead atoms. The van der Waals surface area contributed by atoms with Crippen LogP contribution in [0.4, 0.5) is 5.69 Å². The van der Waals surface area contributed by atoms with Crippen molar-refractivity contribution in [2.75, 3.05) is 11.9 Å². The molecular weight excluding hydrogens is 260 g/mol. The Bertz CT molecular complexity index is 432. The molecule has 0 unspecified atom stereocenters. The fraction of sp³-hybridized carbons (Fsp3) is 0.429. The van der Waals surface area contributed by atoms with Gasteiger partial charge in [0.1, 0.15) is 0 Å². The van der Waals surface area contributed by atoms with Gasteiger partial charge in [0.15, 0.2) is 0 Å². The van der Waals surface area contributed by atoms with E-state index in [9.17, 15) is 9.59 Å². The summed E-state index contributed by atoms with van der Waals surface area (Å²) in [5.74, 6) is -0.0366. The Balaban J connectivity index is 2.52. The second kappa shape index (κ2) is 7.84. The summed E-state index contributed by atoms with van der Waals surface area (Å²) in [5.41, 5.74) is 0.764. The van der Waals surface area contributed by atoms with E-state index in [0.717, 1.165) is 17.0 Å². The fourth-order valence-electron chi connectivity index (χ4n) is 1.47. The molecule has 0 aliphatic heterocycles. The minimum atomic E-state index is -0.127. The summed E-state index contributed by atoms with van der Waals surface area (Å²) in [6, 6.07) is 7.47. The summed E-state index contributed by atoms with van der Waals surface area (Å²) in [4.78, 5) is 23.6. The first kappa shape index (κ1) is 15.6. The average Bonchev–Trinajstić information content (AvgIpc) is 2.37. The Morgan fingerprint density at radius 1 is 1.26 bits per heavy atom. The minimum absolute atomic E-state index is 0.0535. The van der Waals surface area contributed by atoms with E-state index in [4.69, 9.17) is 0 Å². The minimum Gasteiger partial charge on any atom is -0.355 e. The second-order valence-electron chi connectivity index (χ2n) is 4.26. The molecule has 2 N–H and O–H groups in total. The van der Waals surface area contributed by atoms with Crippen molar-refractivity contribution in [1.82, 2.24) is 5.32 Å². The number of benzene rings is 1. The normalized spacial score (nSPS) is 11.7. The zero-order valence-electron chi connectivity index (χ0n) is 11.5. The van der Waals surface area contributed by atoms with Gasteiger partial charge in [-0.2, -0.15) is 0 Å². The van der Waals surface area contributed by atoms with E-state index >= 15 is 0 Å². The third-order valence-corrected chi connectivity index (χ3v) is 3.52. The number of anilines is 1. The predicted molar refractivity (Wildman–Crippen MR) is 79.4 cm³/mol. The van der Waals surface area contributed by atoms with Crippen LogP contribution in [0.25, 0.3) is 0 Å². The zero-order chi connectivity index (χ0) is 14.3. The Labute approximate surface area is 118 Å². The van der Waals surface area contributed by atoms with Crippen LogP contribution in [-0.2, 0) is 9.59 Å². The first-order valence-electron chi connectivity index (χ1n) is 6.35. The van der Waals surface area contributed by atoms with E-state index < -0.39 is 0 Å². The monoisotopic (exact) mass is 280 g/mol. The lowest BCUT2D eigenvalue weighted by molar-refractivity contribution is -0.120. The maximum Gasteiger partial charge on any atom is 0.233 e. The van der Waals surface area contributed by atoms with Crippen LogP contribution in [0.5, 0.6) is 0 Å². The van der Waals surface area contributed by atoms with Gasteiger partial charge in [0.05, 0.1) is 5.25 Å². The van der Waals surface area contributed by atoms with Crippen molar-refractivity contribution in [2.45, 2.75) is 37.3 Å². The summed E-state index contributed by atoms with van der Waals surface area (Å²) < 4.78 is 0. The Morgan fingerprint density at radius 3 is 2.42 bits per heavy atom. The molecule has 0 spiro atoms. The van der Waals surface area contributed by atoms with Gasteiger partial charge in [-0.25, -0.2) is 0 Å². The lowest BCUT2D eigenvalue weighted by Crippen LogP contribution is -2.31. The van der Waals surface area contributed by atoms with Gasteiger partial charge in [0, 0.05) is 24.1 Å². The van der Waals surface area contributed by atoms with E-state index in [0.29, 0.717) is 6.54 Å². The van der Waals surface area contributed by atoms with Gasteiger partial charge in [-0.3, -0.25) is 9.59 Å². The van der Waals surface area contributed by atoms with E-state index in [1.165, 1.54) is 18.7 Å². The third kappa shape index (κ3) is 5.79. The van der Waals surface area contributed by atoms with Crippen LogP contribution in [0.1, 0.15) is 27.2 Å². The molecule has 0 aliphatic carbocycles. The molecule has 2 amide bonds. The molecular formula is C14H20N2O2S. The highest BCUT2D eigenvalue weighted by atomic mass is 32.2.